The third-order valence-corrected chi connectivity index (χ3v) is 1.25. The smallest absolute Gasteiger partial charge is 0.276 e. The van der Waals surface area contributed by atoms with Crippen LogP contribution in [0.4, 0.5) is 5.69 Å². The van der Waals surface area contributed by atoms with E-state index in [4.69, 9.17) is 5.53 Å². The van der Waals surface area contributed by atoms with Crippen LogP contribution in [0.15, 0.2) is 30.3 Å². The summed E-state index contributed by atoms with van der Waals surface area (Å²) in [4.78, 5) is 2.86. The summed E-state index contributed by atoms with van der Waals surface area (Å²) in [5.74, 6) is 0. The highest BCUT2D eigenvalue weighted by molar-refractivity contribution is 5.59. The van der Waals surface area contributed by atoms with Crippen molar-refractivity contribution < 1.29 is 4.79 Å². The molecule has 0 fully saturated rings. The highest BCUT2D eigenvalue weighted by Crippen LogP contribution is 2.02. The van der Waals surface area contributed by atoms with Crippen LogP contribution in [0.5, 0.6) is 0 Å². The fourth-order valence-electron chi connectivity index (χ4n) is 0.760. The average Bonchev–Trinajstić information content (AvgIpc) is 2.07. The molecular weight excluding hydrogens is 138 g/mol. The van der Waals surface area contributed by atoms with E-state index >= 15 is 0 Å². The molecule has 3 nitrogen and oxygen atoms in total. The summed E-state index contributed by atoms with van der Waals surface area (Å²) in [5.41, 5.74) is 9.09. The molecule has 0 aliphatic carbocycles. The topological polar surface area (TPSA) is 48.4 Å². The van der Waals surface area contributed by atoms with Crippen LogP contribution < -0.4 is 5.32 Å². The number of hydrogen-bond donors (Lipinski definition) is 1. The van der Waals surface area contributed by atoms with Crippen LogP contribution in [0.3, 0.4) is 0 Å². The Morgan fingerprint density at radius 1 is 1.36 bits per heavy atom. The molecule has 3 heteroatoms. The monoisotopic (exact) mass is 147 g/mol. The molecule has 0 amide bonds. The summed E-state index contributed by atoms with van der Waals surface area (Å²) >= 11 is 0. The molecule has 0 spiro atoms. The van der Waals surface area contributed by atoms with Gasteiger partial charge in [0, 0.05) is 5.69 Å². The lowest BCUT2D eigenvalue weighted by Gasteiger charge is -1.97. The predicted octanol–water partition coefficient (Wildman–Crippen LogP) is 1.40. The second-order valence-corrected chi connectivity index (χ2v) is 2.04. The van der Waals surface area contributed by atoms with Gasteiger partial charge >= 0.3 is 0 Å². The summed E-state index contributed by atoms with van der Waals surface area (Å²) in [6.45, 7) is 0.542. The normalized spacial score (nSPS) is 8.36. The zero-order chi connectivity index (χ0) is 7.94. The molecule has 11 heavy (non-hydrogen) atoms. The first-order valence-corrected chi connectivity index (χ1v) is 3.38. The van der Waals surface area contributed by atoms with Crippen molar-refractivity contribution in [3.8, 4) is 0 Å². The maximum absolute atomic E-state index is 8.07. The van der Waals surface area contributed by atoms with Gasteiger partial charge in [-0.05, 0) is 12.1 Å². The molecule has 1 aromatic rings. The molecular formula is C8H9N3. The Morgan fingerprint density at radius 2 is 2.09 bits per heavy atom. The number of rotatable bonds is 3. The molecule has 0 bridgehead atoms. The van der Waals surface area contributed by atoms with Gasteiger partial charge in [-0.3, -0.25) is 0 Å². The van der Waals surface area contributed by atoms with Gasteiger partial charge in [0.1, 0.15) is 6.54 Å². The van der Waals surface area contributed by atoms with Gasteiger partial charge in [0.25, 0.3) is 6.21 Å². The van der Waals surface area contributed by atoms with Crippen molar-refractivity contribution in [3.63, 3.8) is 0 Å². The Kier molecular flexibility index (Phi) is 2.90. The van der Waals surface area contributed by atoms with E-state index < -0.39 is 0 Å². The molecule has 0 radical (unpaired) electrons. The third kappa shape index (κ3) is 2.65. The molecule has 0 aliphatic heterocycles. The minimum atomic E-state index is 0.542. The Bertz CT molecular complexity index is 249. The zero-order valence-corrected chi connectivity index (χ0v) is 6.07. The number of nitrogens with zero attached hydrogens (tertiary/aromatic N) is 2. The van der Waals surface area contributed by atoms with E-state index in [1.54, 1.807) is 0 Å². The van der Waals surface area contributed by atoms with Crippen molar-refractivity contribution in [1.82, 2.24) is 0 Å². The molecule has 0 heterocycles. The Labute approximate surface area is 65.3 Å². The quantitative estimate of drug-likeness (QED) is 0.392. The molecule has 56 valence electrons. The lowest BCUT2D eigenvalue weighted by molar-refractivity contribution is 0.00252. The first-order valence-electron chi connectivity index (χ1n) is 3.38. The Morgan fingerprint density at radius 3 is 2.73 bits per heavy atom. The average molecular weight is 147 g/mol. The Balaban J connectivity index is 2.45. The molecule has 1 rings (SSSR count). The zero-order valence-electron chi connectivity index (χ0n) is 6.07. The van der Waals surface area contributed by atoms with E-state index in [9.17, 15) is 0 Å². The molecule has 0 saturated heterocycles. The van der Waals surface area contributed by atoms with Gasteiger partial charge in [0.2, 0.25) is 0 Å². The summed E-state index contributed by atoms with van der Waals surface area (Å²) in [7, 11) is 0. The van der Waals surface area contributed by atoms with Gasteiger partial charge in [0.15, 0.2) is 0 Å². The third-order valence-electron chi connectivity index (χ3n) is 1.25. The molecule has 1 N–H and O–H groups in total. The second kappa shape index (κ2) is 4.25. The van der Waals surface area contributed by atoms with Crippen molar-refractivity contribution in [2.45, 2.75) is 0 Å². The van der Waals surface area contributed by atoms with Crippen LogP contribution in [-0.2, 0) is 0 Å². The number of nitrogens with one attached hydrogen (secondary N) is 1. The van der Waals surface area contributed by atoms with Crippen molar-refractivity contribution in [2.24, 2.45) is 0 Å². The second-order valence-electron chi connectivity index (χ2n) is 2.04. The predicted molar refractivity (Wildman–Crippen MR) is 44.6 cm³/mol. The number of para-hydroxylation sites is 1. The summed E-state index contributed by atoms with van der Waals surface area (Å²) < 4.78 is 0. The lowest BCUT2D eigenvalue weighted by Crippen LogP contribution is -2.01. The maximum Gasteiger partial charge on any atom is 0.276 e. The van der Waals surface area contributed by atoms with Gasteiger partial charge in [-0.1, -0.05) is 18.2 Å². The molecule has 0 atom stereocenters. The molecule has 0 aliphatic rings. The Hall–Kier alpha value is -1.60. The standard InChI is InChI=1S/C8H9N3/c9-11-7-6-10-8-4-2-1-3-5-8/h1-5,7,10H,6H2. The first kappa shape index (κ1) is 7.51. The van der Waals surface area contributed by atoms with E-state index in [1.807, 2.05) is 30.3 Å². The minimum Gasteiger partial charge on any atom is -0.375 e. The summed E-state index contributed by atoms with van der Waals surface area (Å²) in [6, 6.07) is 9.73. The first-order chi connectivity index (χ1) is 5.43. The van der Waals surface area contributed by atoms with Crippen LogP contribution in [0.25, 0.3) is 5.53 Å². The number of hydrogen-bond acceptors (Lipinski definition) is 1. The molecule has 0 aromatic heterocycles. The van der Waals surface area contributed by atoms with Crippen LogP contribution in [0, 0.1) is 0 Å². The van der Waals surface area contributed by atoms with Gasteiger partial charge in [0.05, 0.1) is 0 Å². The van der Waals surface area contributed by atoms with E-state index in [0.29, 0.717) is 6.54 Å². The van der Waals surface area contributed by atoms with Gasteiger partial charge in [-0.2, -0.15) is 4.79 Å². The SMILES string of the molecule is [N-]=[N+]=CCNc1ccccc1. The maximum atomic E-state index is 8.07. The van der Waals surface area contributed by atoms with Crippen molar-refractivity contribution in [1.29, 1.82) is 0 Å². The molecule has 0 saturated carbocycles. The van der Waals surface area contributed by atoms with Crippen molar-refractivity contribution in [3.05, 3.63) is 35.9 Å². The van der Waals surface area contributed by atoms with Crippen LogP contribution >= 0.6 is 0 Å². The fourth-order valence-corrected chi connectivity index (χ4v) is 0.760. The largest absolute Gasteiger partial charge is 0.375 e. The van der Waals surface area contributed by atoms with Gasteiger partial charge < -0.3 is 10.8 Å². The van der Waals surface area contributed by atoms with Gasteiger partial charge in [-0.15, -0.1) is 0 Å². The van der Waals surface area contributed by atoms with E-state index in [0.717, 1.165) is 5.69 Å². The van der Waals surface area contributed by atoms with E-state index in [2.05, 4.69) is 10.1 Å². The molecule has 1 aromatic carbocycles. The minimum absolute atomic E-state index is 0.542. The van der Waals surface area contributed by atoms with Crippen LogP contribution in [0.2, 0.25) is 0 Å². The highest BCUT2D eigenvalue weighted by atomic mass is 14.9. The van der Waals surface area contributed by atoms with Crippen molar-refractivity contribution in [2.75, 3.05) is 11.9 Å². The number of anilines is 1. The fraction of sp³-hybridized carbons (Fsp3) is 0.125. The summed E-state index contributed by atoms with van der Waals surface area (Å²) in [6.07, 6.45) is 1.40. The highest BCUT2D eigenvalue weighted by Gasteiger charge is 1.86. The van der Waals surface area contributed by atoms with Gasteiger partial charge in [-0.25, -0.2) is 0 Å². The lowest BCUT2D eigenvalue weighted by atomic mass is 10.3. The van der Waals surface area contributed by atoms with E-state index in [1.165, 1.54) is 6.21 Å². The number of benzene rings is 1. The van der Waals surface area contributed by atoms with Crippen LogP contribution in [0.1, 0.15) is 0 Å². The van der Waals surface area contributed by atoms with E-state index in [-0.39, 0.29) is 0 Å². The summed E-state index contributed by atoms with van der Waals surface area (Å²) in [5, 5.41) is 3.04. The molecule has 0 unspecified atom stereocenters. The van der Waals surface area contributed by atoms with Crippen LogP contribution in [-0.4, -0.2) is 17.5 Å². The van der Waals surface area contributed by atoms with Crippen molar-refractivity contribution >= 4 is 11.9 Å².